The number of benzene rings is 3. The molecular weight excluding hydrogens is 455 g/mol. The average molecular weight is 483 g/mol. The number of ether oxygens (including phenoxy) is 1. The molecule has 0 bridgehead atoms. The summed E-state index contributed by atoms with van der Waals surface area (Å²) in [6, 6.07) is 17.0. The highest BCUT2D eigenvalue weighted by Crippen LogP contribution is 2.34. The molecule has 0 fully saturated rings. The molecule has 1 N–H and O–H groups in total. The van der Waals surface area contributed by atoms with Crippen LogP contribution in [0.2, 0.25) is 0 Å². The molecule has 6 nitrogen and oxygen atoms in total. The average Bonchev–Trinajstić information content (AvgIpc) is 2.84. The Labute approximate surface area is 199 Å². The molecule has 0 saturated heterocycles. The van der Waals surface area contributed by atoms with E-state index in [0.29, 0.717) is 42.3 Å². The molecule has 0 unspecified atom stereocenters. The Morgan fingerprint density at radius 3 is 2.50 bits per heavy atom. The van der Waals surface area contributed by atoms with Crippen molar-refractivity contribution in [3.63, 3.8) is 0 Å². The lowest BCUT2D eigenvalue weighted by Crippen LogP contribution is -2.35. The fraction of sp³-hybridized carbons (Fsp3) is 0.269. The zero-order valence-electron chi connectivity index (χ0n) is 19.0. The van der Waals surface area contributed by atoms with Gasteiger partial charge in [0.05, 0.1) is 17.2 Å². The van der Waals surface area contributed by atoms with Gasteiger partial charge in [0.2, 0.25) is 0 Å². The smallest absolute Gasteiger partial charge is 0.264 e. The van der Waals surface area contributed by atoms with Crippen LogP contribution in [-0.4, -0.2) is 27.5 Å². The molecule has 1 amide bonds. The quantitative estimate of drug-likeness (QED) is 0.436. The Morgan fingerprint density at radius 2 is 1.79 bits per heavy atom. The van der Waals surface area contributed by atoms with Crippen molar-refractivity contribution in [2.45, 2.75) is 37.5 Å². The first kappa shape index (κ1) is 23.8. The van der Waals surface area contributed by atoms with Crippen LogP contribution >= 0.6 is 0 Å². The third-order valence-electron chi connectivity index (χ3n) is 5.70. The molecule has 0 atom stereocenters. The molecule has 8 heteroatoms. The van der Waals surface area contributed by atoms with Gasteiger partial charge in [-0.3, -0.25) is 9.10 Å². The van der Waals surface area contributed by atoms with Crippen LogP contribution < -0.4 is 14.4 Å². The molecule has 1 heterocycles. The first-order valence-electron chi connectivity index (χ1n) is 11.3. The number of sulfonamides is 1. The van der Waals surface area contributed by atoms with Crippen molar-refractivity contribution < 1.29 is 22.3 Å². The molecular formula is C26H27FN2O4S. The van der Waals surface area contributed by atoms with E-state index < -0.39 is 15.8 Å². The number of aryl methyl sites for hydroxylation is 1. The monoisotopic (exact) mass is 482 g/mol. The second kappa shape index (κ2) is 10.3. The van der Waals surface area contributed by atoms with Gasteiger partial charge in [0.25, 0.3) is 15.9 Å². The van der Waals surface area contributed by atoms with Crippen LogP contribution in [0.1, 0.15) is 42.1 Å². The summed E-state index contributed by atoms with van der Waals surface area (Å²) >= 11 is 0. The van der Waals surface area contributed by atoms with Gasteiger partial charge in [-0.15, -0.1) is 0 Å². The standard InChI is InChI=1S/C26H27FN2O4S/c1-2-3-17-33-23-12-7-20(8-13-23)26(30)28-22-11-6-19-5-4-16-29(25(19)18-22)34(31,32)24-14-9-21(27)10-15-24/h6-15,18H,2-5,16-17H2,1H3,(H,28,30). The predicted octanol–water partition coefficient (Wildman–Crippen LogP) is 5.40. The Morgan fingerprint density at radius 1 is 1.06 bits per heavy atom. The topological polar surface area (TPSA) is 75.7 Å². The Kier molecular flexibility index (Phi) is 7.17. The van der Waals surface area contributed by atoms with Gasteiger partial charge in [0.15, 0.2) is 0 Å². The van der Waals surface area contributed by atoms with E-state index in [1.165, 1.54) is 16.4 Å². The normalized spacial score (nSPS) is 13.3. The number of halogens is 1. The van der Waals surface area contributed by atoms with Gasteiger partial charge in [-0.2, -0.15) is 0 Å². The van der Waals surface area contributed by atoms with Crippen molar-refractivity contribution in [1.82, 2.24) is 0 Å². The molecule has 0 spiro atoms. The Hall–Kier alpha value is -3.39. The Balaban J connectivity index is 1.53. The van der Waals surface area contributed by atoms with E-state index in [1.807, 2.05) is 6.07 Å². The lowest BCUT2D eigenvalue weighted by molar-refractivity contribution is 0.102. The summed E-state index contributed by atoms with van der Waals surface area (Å²) in [6.45, 7) is 3.03. The zero-order valence-corrected chi connectivity index (χ0v) is 19.8. The predicted molar refractivity (Wildman–Crippen MR) is 130 cm³/mol. The first-order valence-corrected chi connectivity index (χ1v) is 12.8. The van der Waals surface area contributed by atoms with E-state index in [4.69, 9.17) is 4.74 Å². The van der Waals surface area contributed by atoms with E-state index in [9.17, 15) is 17.6 Å². The molecule has 0 aliphatic carbocycles. The van der Waals surface area contributed by atoms with Crippen LogP contribution in [0.25, 0.3) is 0 Å². The van der Waals surface area contributed by atoms with E-state index >= 15 is 0 Å². The number of carbonyl (C=O) groups excluding carboxylic acids is 1. The number of hydrogen-bond donors (Lipinski definition) is 1. The molecule has 178 valence electrons. The fourth-order valence-electron chi connectivity index (χ4n) is 3.84. The molecule has 1 aliphatic rings. The van der Waals surface area contributed by atoms with E-state index in [-0.39, 0.29) is 10.8 Å². The van der Waals surface area contributed by atoms with Gasteiger partial charge in [-0.05, 0) is 85.5 Å². The third-order valence-corrected chi connectivity index (χ3v) is 7.53. The van der Waals surface area contributed by atoms with Gasteiger partial charge in [-0.1, -0.05) is 19.4 Å². The number of rotatable bonds is 8. The fourth-order valence-corrected chi connectivity index (χ4v) is 5.38. The number of hydrogen-bond acceptors (Lipinski definition) is 4. The van der Waals surface area contributed by atoms with Crippen molar-refractivity contribution in [2.24, 2.45) is 0 Å². The van der Waals surface area contributed by atoms with E-state index in [0.717, 1.165) is 37.0 Å². The minimum atomic E-state index is -3.86. The summed E-state index contributed by atoms with van der Waals surface area (Å²) in [5.74, 6) is -0.0900. The Bertz CT molecular complexity index is 1260. The highest BCUT2D eigenvalue weighted by Gasteiger charge is 2.29. The number of anilines is 2. The third kappa shape index (κ3) is 5.22. The second-order valence-electron chi connectivity index (χ2n) is 8.16. The number of amides is 1. The number of fused-ring (bicyclic) bond motifs is 1. The van der Waals surface area contributed by atoms with Gasteiger partial charge < -0.3 is 10.1 Å². The summed E-state index contributed by atoms with van der Waals surface area (Å²) in [6.07, 6.45) is 3.42. The number of unbranched alkanes of at least 4 members (excludes halogenated alkanes) is 1. The maximum Gasteiger partial charge on any atom is 0.264 e. The van der Waals surface area contributed by atoms with Crippen molar-refractivity contribution in [1.29, 1.82) is 0 Å². The SMILES string of the molecule is CCCCOc1ccc(C(=O)Nc2ccc3c(c2)N(S(=O)(=O)c2ccc(F)cc2)CCC3)cc1. The van der Waals surface area contributed by atoms with Crippen molar-refractivity contribution in [2.75, 3.05) is 22.8 Å². The van der Waals surface area contributed by atoms with Crippen molar-refractivity contribution in [3.8, 4) is 5.75 Å². The minimum absolute atomic E-state index is 0.0254. The number of carbonyl (C=O) groups is 1. The molecule has 0 saturated carbocycles. The van der Waals surface area contributed by atoms with Crippen molar-refractivity contribution >= 4 is 27.3 Å². The lowest BCUT2D eigenvalue weighted by Gasteiger charge is -2.31. The van der Waals surface area contributed by atoms with Gasteiger partial charge in [0, 0.05) is 17.8 Å². The van der Waals surface area contributed by atoms with Crippen LogP contribution in [0, 0.1) is 5.82 Å². The van der Waals surface area contributed by atoms with E-state index in [2.05, 4.69) is 12.2 Å². The molecule has 0 aromatic heterocycles. The van der Waals surface area contributed by atoms with Crippen LogP contribution in [0.5, 0.6) is 5.75 Å². The van der Waals surface area contributed by atoms with Crippen LogP contribution in [0.4, 0.5) is 15.8 Å². The molecule has 1 aliphatic heterocycles. The van der Waals surface area contributed by atoms with Gasteiger partial charge in [0.1, 0.15) is 11.6 Å². The zero-order chi connectivity index (χ0) is 24.1. The van der Waals surface area contributed by atoms with Crippen LogP contribution in [-0.2, 0) is 16.4 Å². The summed E-state index contributed by atoms with van der Waals surface area (Å²) in [5.41, 5.74) is 2.36. The van der Waals surface area contributed by atoms with Crippen molar-refractivity contribution in [3.05, 3.63) is 83.7 Å². The highest BCUT2D eigenvalue weighted by atomic mass is 32.2. The highest BCUT2D eigenvalue weighted by molar-refractivity contribution is 7.92. The molecule has 3 aromatic carbocycles. The summed E-state index contributed by atoms with van der Waals surface area (Å²) in [5, 5.41) is 2.85. The van der Waals surface area contributed by atoms with E-state index in [1.54, 1.807) is 36.4 Å². The van der Waals surface area contributed by atoms with Gasteiger partial charge >= 0.3 is 0 Å². The number of nitrogens with zero attached hydrogens (tertiary/aromatic N) is 1. The summed E-state index contributed by atoms with van der Waals surface area (Å²) < 4.78 is 46.8. The van der Waals surface area contributed by atoms with Crippen LogP contribution in [0.3, 0.4) is 0 Å². The molecule has 34 heavy (non-hydrogen) atoms. The molecule has 4 rings (SSSR count). The summed E-state index contributed by atoms with van der Waals surface area (Å²) in [7, 11) is -3.86. The largest absolute Gasteiger partial charge is 0.494 e. The minimum Gasteiger partial charge on any atom is -0.494 e. The maximum absolute atomic E-state index is 13.3. The molecule has 0 radical (unpaired) electrons. The van der Waals surface area contributed by atoms with Gasteiger partial charge in [-0.25, -0.2) is 12.8 Å². The maximum atomic E-state index is 13.3. The second-order valence-corrected chi connectivity index (χ2v) is 10.0. The lowest BCUT2D eigenvalue weighted by atomic mass is 10.0. The summed E-state index contributed by atoms with van der Waals surface area (Å²) in [4.78, 5) is 12.8. The van der Waals surface area contributed by atoms with Crippen LogP contribution in [0.15, 0.2) is 71.6 Å². The number of nitrogens with one attached hydrogen (secondary N) is 1. The molecule has 3 aromatic rings. The first-order chi connectivity index (χ1) is 16.4.